The molecule has 0 fully saturated rings. The van der Waals surface area contributed by atoms with Crippen molar-refractivity contribution in [2.24, 2.45) is 0 Å². The number of rotatable bonds is 4. The molecule has 2 heterocycles. The van der Waals surface area contributed by atoms with Gasteiger partial charge >= 0.3 is 0 Å². The van der Waals surface area contributed by atoms with E-state index in [1.165, 1.54) is 10.7 Å². The van der Waals surface area contributed by atoms with E-state index < -0.39 is 5.91 Å². The van der Waals surface area contributed by atoms with Gasteiger partial charge in [-0.25, -0.2) is 4.68 Å². The van der Waals surface area contributed by atoms with Gasteiger partial charge in [-0.15, -0.1) is 0 Å². The van der Waals surface area contributed by atoms with E-state index in [0.717, 1.165) is 0 Å². The van der Waals surface area contributed by atoms with Crippen molar-refractivity contribution in [3.05, 3.63) is 58.1 Å². The van der Waals surface area contributed by atoms with E-state index in [2.05, 4.69) is 10.4 Å². The molecule has 24 heavy (non-hydrogen) atoms. The first-order valence-electron chi connectivity index (χ1n) is 7.34. The van der Waals surface area contributed by atoms with Gasteiger partial charge in [-0.2, -0.15) is 10.4 Å². The lowest BCUT2D eigenvalue weighted by Crippen LogP contribution is -2.17. The van der Waals surface area contributed by atoms with E-state index in [0.29, 0.717) is 29.0 Å². The molecular formula is C17H14N4O3. The summed E-state index contributed by atoms with van der Waals surface area (Å²) in [6.45, 7) is 2.15. The van der Waals surface area contributed by atoms with Crippen LogP contribution in [0.25, 0.3) is 11.0 Å². The fraction of sp³-hybridized carbons (Fsp3) is 0.176. The van der Waals surface area contributed by atoms with Gasteiger partial charge in [0.2, 0.25) is 0 Å². The molecule has 3 rings (SSSR count). The Labute approximate surface area is 137 Å². The predicted octanol–water partition coefficient (Wildman–Crippen LogP) is 2.46. The number of carbonyl (C=O) groups is 1. The number of anilines is 1. The normalized spacial score (nSPS) is 10.5. The number of aryl methyl sites for hydroxylation is 2. The minimum Gasteiger partial charge on any atom is -0.451 e. The first kappa shape index (κ1) is 15.5. The van der Waals surface area contributed by atoms with Crippen LogP contribution in [0.1, 0.15) is 22.7 Å². The Balaban J connectivity index is 1.91. The second kappa shape index (κ2) is 6.38. The molecule has 7 nitrogen and oxygen atoms in total. The molecule has 0 unspecified atom stereocenters. The van der Waals surface area contributed by atoms with E-state index in [-0.39, 0.29) is 17.6 Å². The highest BCUT2D eigenvalue weighted by Gasteiger charge is 2.15. The molecule has 0 atom stereocenters. The number of nitrogens with one attached hydrogen (secondary N) is 1. The Morgan fingerprint density at radius 1 is 1.38 bits per heavy atom. The molecule has 3 aromatic rings. The standard InChI is InChI=1S/C17H14N4O3/c1-11-9-16(21(20-11)8-4-7-18)19-17(23)15-10-13(22)12-5-2-3-6-14(12)24-15/h2-3,5-6,9-10H,4,8H2,1H3,(H,19,23). The van der Waals surface area contributed by atoms with Crippen LogP contribution >= 0.6 is 0 Å². The van der Waals surface area contributed by atoms with Crippen LogP contribution in [0.15, 0.2) is 45.6 Å². The van der Waals surface area contributed by atoms with E-state index >= 15 is 0 Å². The maximum absolute atomic E-state index is 12.4. The molecule has 1 N–H and O–H groups in total. The molecule has 0 radical (unpaired) electrons. The molecule has 0 aliphatic carbocycles. The highest BCUT2D eigenvalue weighted by Crippen LogP contribution is 2.15. The summed E-state index contributed by atoms with van der Waals surface area (Å²) < 4.78 is 7.05. The fourth-order valence-corrected chi connectivity index (χ4v) is 2.37. The largest absolute Gasteiger partial charge is 0.451 e. The van der Waals surface area contributed by atoms with Crippen molar-refractivity contribution in [3.63, 3.8) is 0 Å². The number of amides is 1. The summed E-state index contributed by atoms with van der Waals surface area (Å²) in [6, 6.07) is 11.6. The topological polar surface area (TPSA) is 101 Å². The molecule has 0 saturated heterocycles. The molecule has 1 aromatic carbocycles. The third kappa shape index (κ3) is 3.03. The molecule has 0 aliphatic heterocycles. The van der Waals surface area contributed by atoms with Crippen LogP contribution in [0.5, 0.6) is 0 Å². The molecule has 120 valence electrons. The summed E-state index contributed by atoms with van der Waals surface area (Å²) in [5, 5.41) is 16.0. The highest BCUT2D eigenvalue weighted by atomic mass is 16.3. The van der Waals surface area contributed by atoms with Gasteiger partial charge in [0.15, 0.2) is 11.2 Å². The summed E-state index contributed by atoms with van der Waals surface area (Å²) in [7, 11) is 0. The number of aromatic nitrogens is 2. The maximum atomic E-state index is 12.4. The van der Waals surface area contributed by atoms with Crippen LogP contribution in [-0.2, 0) is 6.54 Å². The molecule has 0 saturated carbocycles. The summed E-state index contributed by atoms with van der Waals surface area (Å²) in [6.07, 6.45) is 0.273. The Kier molecular flexibility index (Phi) is 4.12. The molecular weight excluding hydrogens is 308 g/mol. The Hall–Kier alpha value is -3.40. The number of carbonyl (C=O) groups excluding carboxylic acids is 1. The average Bonchev–Trinajstić information content (AvgIpc) is 2.92. The lowest BCUT2D eigenvalue weighted by Gasteiger charge is -2.07. The molecule has 0 bridgehead atoms. The summed E-state index contributed by atoms with van der Waals surface area (Å²) in [5.74, 6) is -0.177. The van der Waals surface area contributed by atoms with Crippen LogP contribution in [0.2, 0.25) is 0 Å². The van der Waals surface area contributed by atoms with Gasteiger partial charge in [-0.1, -0.05) is 12.1 Å². The van der Waals surface area contributed by atoms with Crippen molar-refractivity contribution in [2.75, 3.05) is 5.32 Å². The minimum atomic E-state index is -0.545. The van der Waals surface area contributed by atoms with E-state index in [9.17, 15) is 9.59 Å². The van der Waals surface area contributed by atoms with E-state index in [1.807, 2.05) is 6.07 Å². The lowest BCUT2D eigenvalue weighted by atomic mass is 10.2. The zero-order valence-corrected chi connectivity index (χ0v) is 12.9. The average molecular weight is 322 g/mol. The number of fused-ring (bicyclic) bond motifs is 1. The molecule has 0 spiro atoms. The quantitative estimate of drug-likeness (QED) is 0.795. The van der Waals surface area contributed by atoms with Crippen LogP contribution in [0, 0.1) is 18.3 Å². The van der Waals surface area contributed by atoms with Gasteiger partial charge in [-0.3, -0.25) is 9.59 Å². The van der Waals surface area contributed by atoms with Gasteiger partial charge < -0.3 is 9.73 Å². The van der Waals surface area contributed by atoms with Crippen LogP contribution in [0.4, 0.5) is 5.82 Å². The summed E-state index contributed by atoms with van der Waals surface area (Å²) >= 11 is 0. The monoisotopic (exact) mass is 322 g/mol. The second-order valence-electron chi connectivity index (χ2n) is 5.23. The Morgan fingerprint density at radius 3 is 2.96 bits per heavy atom. The van der Waals surface area contributed by atoms with Crippen molar-refractivity contribution in [3.8, 4) is 6.07 Å². The number of nitrogens with zero attached hydrogens (tertiary/aromatic N) is 3. The molecule has 0 aliphatic rings. The predicted molar refractivity (Wildman–Crippen MR) is 87.6 cm³/mol. The fourth-order valence-electron chi connectivity index (χ4n) is 2.37. The first-order valence-corrected chi connectivity index (χ1v) is 7.34. The number of para-hydroxylation sites is 1. The van der Waals surface area contributed by atoms with Crippen LogP contribution in [-0.4, -0.2) is 15.7 Å². The zero-order valence-electron chi connectivity index (χ0n) is 12.9. The summed E-state index contributed by atoms with van der Waals surface area (Å²) in [4.78, 5) is 24.5. The van der Waals surface area contributed by atoms with E-state index in [4.69, 9.17) is 9.68 Å². The first-order chi connectivity index (χ1) is 11.6. The third-order valence-corrected chi connectivity index (χ3v) is 3.44. The van der Waals surface area contributed by atoms with Crippen molar-refractivity contribution >= 4 is 22.7 Å². The number of nitriles is 1. The Bertz CT molecular complexity index is 1010. The lowest BCUT2D eigenvalue weighted by molar-refractivity contribution is 0.0996. The molecule has 2 aromatic heterocycles. The summed E-state index contributed by atoms with van der Waals surface area (Å²) in [5.41, 5.74) is 0.781. The van der Waals surface area contributed by atoms with Crippen LogP contribution in [0.3, 0.4) is 0 Å². The minimum absolute atomic E-state index is 0.0793. The number of hydrogen-bond acceptors (Lipinski definition) is 5. The van der Waals surface area contributed by atoms with Gasteiger partial charge in [0.05, 0.1) is 30.1 Å². The van der Waals surface area contributed by atoms with Gasteiger partial charge in [0.1, 0.15) is 11.4 Å². The molecule has 1 amide bonds. The van der Waals surface area contributed by atoms with Crippen molar-refractivity contribution in [2.45, 2.75) is 19.9 Å². The van der Waals surface area contributed by atoms with Gasteiger partial charge in [-0.05, 0) is 19.1 Å². The van der Waals surface area contributed by atoms with Gasteiger partial charge in [0.25, 0.3) is 5.91 Å². The maximum Gasteiger partial charge on any atom is 0.292 e. The third-order valence-electron chi connectivity index (χ3n) is 3.44. The Morgan fingerprint density at radius 2 is 2.17 bits per heavy atom. The number of hydrogen-bond donors (Lipinski definition) is 1. The zero-order chi connectivity index (χ0) is 17.1. The van der Waals surface area contributed by atoms with Crippen molar-refractivity contribution < 1.29 is 9.21 Å². The van der Waals surface area contributed by atoms with E-state index in [1.54, 1.807) is 37.3 Å². The smallest absolute Gasteiger partial charge is 0.292 e. The van der Waals surface area contributed by atoms with Crippen molar-refractivity contribution in [1.29, 1.82) is 5.26 Å². The van der Waals surface area contributed by atoms with Crippen molar-refractivity contribution in [1.82, 2.24) is 9.78 Å². The second-order valence-corrected chi connectivity index (χ2v) is 5.23. The SMILES string of the molecule is Cc1cc(NC(=O)c2cc(=O)c3ccccc3o2)n(CCC#N)n1. The molecule has 7 heteroatoms. The van der Waals surface area contributed by atoms with Gasteiger partial charge in [0, 0.05) is 12.1 Å². The highest BCUT2D eigenvalue weighted by molar-refractivity contribution is 6.02. The number of benzene rings is 1. The van der Waals surface area contributed by atoms with Crippen LogP contribution < -0.4 is 10.7 Å².